The van der Waals surface area contributed by atoms with Gasteiger partial charge < -0.3 is 14.8 Å². The molecule has 7 heteroatoms. The van der Waals surface area contributed by atoms with Crippen LogP contribution in [0.5, 0.6) is 0 Å². The van der Waals surface area contributed by atoms with Crippen molar-refractivity contribution >= 4 is 17.2 Å². The average Bonchev–Trinajstić information content (AvgIpc) is 2.96. The van der Waals surface area contributed by atoms with Gasteiger partial charge in [0.1, 0.15) is 6.61 Å². The van der Waals surface area contributed by atoms with Gasteiger partial charge in [-0.1, -0.05) is 17.7 Å². The maximum atomic E-state index is 8.90. The van der Waals surface area contributed by atoms with Crippen LogP contribution in [0.3, 0.4) is 0 Å². The first kappa shape index (κ1) is 14.2. The minimum atomic E-state index is -0.257. The van der Waals surface area contributed by atoms with Crippen LogP contribution >= 0.6 is 11.6 Å². The molecule has 3 rings (SSSR count). The second kappa shape index (κ2) is 6.34. The van der Waals surface area contributed by atoms with Crippen LogP contribution in [0.4, 0.5) is 0 Å². The van der Waals surface area contributed by atoms with Crippen molar-refractivity contribution in [2.45, 2.75) is 19.4 Å². The fraction of sp³-hybridized carbons (Fsp3) is 0.357. The Morgan fingerprint density at radius 3 is 2.86 bits per heavy atom. The molecular weight excluding hydrogens is 292 g/mol. The third kappa shape index (κ3) is 3.29. The van der Waals surface area contributed by atoms with E-state index in [1.54, 1.807) is 6.20 Å². The summed E-state index contributed by atoms with van der Waals surface area (Å²) in [6.07, 6.45) is 5.26. The molecule has 0 saturated carbocycles. The molecule has 0 aromatic carbocycles. The van der Waals surface area contributed by atoms with Gasteiger partial charge in [0.05, 0.1) is 17.1 Å². The summed E-state index contributed by atoms with van der Waals surface area (Å²) in [4.78, 5) is 4.46. The van der Waals surface area contributed by atoms with E-state index in [0.717, 1.165) is 30.8 Å². The molecule has 0 unspecified atom stereocenters. The Bertz CT molecular complexity index is 669. The fourth-order valence-corrected chi connectivity index (χ4v) is 2.56. The van der Waals surface area contributed by atoms with Crippen LogP contribution in [0.1, 0.15) is 29.5 Å². The highest BCUT2D eigenvalue weighted by atomic mass is 35.5. The summed E-state index contributed by atoms with van der Waals surface area (Å²) in [5.41, 5.74) is 2.90. The quantitative estimate of drug-likeness (QED) is 0.892. The normalized spacial score (nSPS) is 15.0. The molecular formula is C14H15ClN4O2. The Kier molecular flexibility index (Phi) is 4.28. The Morgan fingerprint density at radius 2 is 2.19 bits per heavy atom. The van der Waals surface area contributed by atoms with Crippen molar-refractivity contribution in [2.75, 3.05) is 13.1 Å². The highest BCUT2D eigenvalue weighted by molar-refractivity contribution is 6.32. The van der Waals surface area contributed by atoms with E-state index >= 15 is 0 Å². The number of pyridine rings is 1. The predicted octanol–water partition coefficient (Wildman–Crippen LogP) is 1.58. The zero-order valence-corrected chi connectivity index (χ0v) is 12.1. The summed E-state index contributed by atoms with van der Waals surface area (Å²) in [5, 5.41) is 20.4. The first-order valence-electron chi connectivity index (χ1n) is 6.73. The molecule has 0 atom stereocenters. The van der Waals surface area contributed by atoms with E-state index in [0.29, 0.717) is 17.3 Å². The van der Waals surface area contributed by atoms with Crippen LogP contribution in [-0.2, 0) is 13.0 Å². The van der Waals surface area contributed by atoms with Gasteiger partial charge in [0, 0.05) is 12.7 Å². The summed E-state index contributed by atoms with van der Waals surface area (Å²) in [6.45, 7) is 1.53. The van der Waals surface area contributed by atoms with Gasteiger partial charge in [0.2, 0.25) is 11.8 Å². The van der Waals surface area contributed by atoms with Gasteiger partial charge in [-0.2, -0.15) is 0 Å². The van der Waals surface area contributed by atoms with Crippen molar-refractivity contribution in [3.63, 3.8) is 0 Å². The summed E-state index contributed by atoms with van der Waals surface area (Å²) in [5.74, 6) is 0.645. The summed E-state index contributed by atoms with van der Waals surface area (Å²) in [7, 11) is 0. The SMILES string of the molecule is OCc1nnc(Cc2cnc(C3=CCNCC3)c(Cl)c2)o1. The molecule has 2 aromatic heterocycles. The lowest BCUT2D eigenvalue weighted by Crippen LogP contribution is -2.20. The molecule has 3 heterocycles. The molecule has 0 bridgehead atoms. The van der Waals surface area contributed by atoms with Crippen molar-refractivity contribution in [2.24, 2.45) is 0 Å². The monoisotopic (exact) mass is 306 g/mol. The third-order valence-corrected chi connectivity index (χ3v) is 3.55. The molecule has 0 aliphatic carbocycles. The topological polar surface area (TPSA) is 84.1 Å². The number of aliphatic hydroxyl groups excluding tert-OH is 1. The van der Waals surface area contributed by atoms with Gasteiger partial charge in [0.25, 0.3) is 0 Å². The average molecular weight is 307 g/mol. The molecule has 110 valence electrons. The van der Waals surface area contributed by atoms with E-state index < -0.39 is 0 Å². The second-order valence-electron chi connectivity index (χ2n) is 4.78. The largest absolute Gasteiger partial charge is 0.422 e. The predicted molar refractivity (Wildman–Crippen MR) is 77.7 cm³/mol. The zero-order valence-electron chi connectivity index (χ0n) is 11.3. The van der Waals surface area contributed by atoms with E-state index in [2.05, 4.69) is 26.6 Å². The van der Waals surface area contributed by atoms with Gasteiger partial charge in [-0.3, -0.25) is 4.98 Å². The van der Waals surface area contributed by atoms with Crippen LogP contribution in [0.2, 0.25) is 5.02 Å². The fourth-order valence-electron chi connectivity index (χ4n) is 2.25. The number of rotatable bonds is 4. The Morgan fingerprint density at radius 1 is 1.33 bits per heavy atom. The van der Waals surface area contributed by atoms with E-state index in [1.165, 1.54) is 5.57 Å². The van der Waals surface area contributed by atoms with Crippen LogP contribution in [0.25, 0.3) is 5.57 Å². The van der Waals surface area contributed by atoms with Gasteiger partial charge in [-0.15, -0.1) is 10.2 Å². The Hall–Kier alpha value is -1.76. The molecule has 0 amide bonds. The molecule has 2 aromatic rings. The van der Waals surface area contributed by atoms with E-state index in [4.69, 9.17) is 21.1 Å². The lowest BCUT2D eigenvalue weighted by Gasteiger charge is -2.14. The molecule has 1 aliphatic heterocycles. The van der Waals surface area contributed by atoms with E-state index in [1.807, 2.05) is 6.07 Å². The lowest BCUT2D eigenvalue weighted by atomic mass is 10.0. The van der Waals surface area contributed by atoms with Crippen molar-refractivity contribution in [3.8, 4) is 0 Å². The van der Waals surface area contributed by atoms with Crippen molar-refractivity contribution in [1.82, 2.24) is 20.5 Å². The number of nitrogens with one attached hydrogen (secondary N) is 1. The Balaban J connectivity index is 1.79. The standard InChI is InChI=1S/C14H15ClN4O2/c15-11-5-9(6-12-18-19-13(8-20)21-12)7-17-14(11)10-1-3-16-4-2-10/h1,5,7,16,20H,2-4,6,8H2. The first-order valence-corrected chi connectivity index (χ1v) is 7.10. The third-order valence-electron chi connectivity index (χ3n) is 3.27. The number of nitrogens with zero attached hydrogens (tertiary/aromatic N) is 3. The highest BCUT2D eigenvalue weighted by Gasteiger charge is 2.13. The van der Waals surface area contributed by atoms with Gasteiger partial charge in [0.15, 0.2) is 0 Å². The summed E-state index contributed by atoms with van der Waals surface area (Å²) >= 11 is 6.33. The van der Waals surface area contributed by atoms with Gasteiger partial charge >= 0.3 is 0 Å². The van der Waals surface area contributed by atoms with Crippen molar-refractivity contribution in [1.29, 1.82) is 0 Å². The maximum absolute atomic E-state index is 8.90. The molecule has 2 N–H and O–H groups in total. The summed E-state index contributed by atoms with van der Waals surface area (Å²) in [6, 6.07) is 1.87. The molecule has 0 saturated heterocycles. The molecule has 6 nitrogen and oxygen atoms in total. The molecule has 0 fully saturated rings. The van der Waals surface area contributed by atoms with Crippen molar-refractivity contribution in [3.05, 3.63) is 46.4 Å². The number of hydrogen-bond donors (Lipinski definition) is 2. The number of hydrogen-bond acceptors (Lipinski definition) is 6. The molecule has 21 heavy (non-hydrogen) atoms. The second-order valence-corrected chi connectivity index (χ2v) is 5.19. The molecule has 0 radical (unpaired) electrons. The highest BCUT2D eigenvalue weighted by Crippen LogP contribution is 2.26. The number of halogens is 1. The smallest absolute Gasteiger partial charge is 0.241 e. The molecule has 1 aliphatic rings. The van der Waals surface area contributed by atoms with E-state index in [-0.39, 0.29) is 12.5 Å². The van der Waals surface area contributed by atoms with Crippen LogP contribution in [0.15, 0.2) is 22.8 Å². The minimum absolute atomic E-state index is 0.209. The minimum Gasteiger partial charge on any atom is -0.422 e. The number of aliphatic hydroxyl groups is 1. The maximum Gasteiger partial charge on any atom is 0.241 e. The molecule has 0 spiro atoms. The lowest BCUT2D eigenvalue weighted by molar-refractivity contribution is 0.237. The van der Waals surface area contributed by atoms with Crippen LogP contribution in [-0.4, -0.2) is 33.4 Å². The Labute approximate surface area is 126 Å². The van der Waals surface area contributed by atoms with Crippen LogP contribution in [0, 0.1) is 0 Å². The van der Waals surface area contributed by atoms with Gasteiger partial charge in [-0.05, 0) is 30.2 Å². The zero-order chi connectivity index (χ0) is 14.7. The van der Waals surface area contributed by atoms with Crippen LogP contribution < -0.4 is 5.32 Å². The number of aromatic nitrogens is 3. The van der Waals surface area contributed by atoms with Gasteiger partial charge in [-0.25, -0.2) is 0 Å². The van der Waals surface area contributed by atoms with E-state index in [9.17, 15) is 0 Å². The summed E-state index contributed by atoms with van der Waals surface area (Å²) < 4.78 is 5.26. The van der Waals surface area contributed by atoms with Crippen molar-refractivity contribution < 1.29 is 9.52 Å². The first-order chi connectivity index (χ1) is 10.3.